The minimum Gasteiger partial charge on any atom is -0.393 e. The van der Waals surface area contributed by atoms with Gasteiger partial charge < -0.3 is 5.11 Å². The highest BCUT2D eigenvalue weighted by Gasteiger charge is 2.37. The van der Waals surface area contributed by atoms with E-state index in [0.717, 1.165) is 13.1 Å². The van der Waals surface area contributed by atoms with E-state index in [2.05, 4.69) is 65.6 Å². The molecule has 2 fully saturated rings. The van der Waals surface area contributed by atoms with Gasteiger partial charge in [0.1, 0.15) is 0 Å². The Hall–Kier alpha value is -1.64. The van der Waals surface area contributed by atoms with Gasteiger partial charge in [-0.15, -0.1) is 0 Å². The molecule has 2 aromatic carbocycles. The Kier molecular flexibility index (Phi) is 5.72. The second-order valence-electron chi connectivity index (χ2n) is 8.27. The van der Waals surface area contributed by atoms with Gasteiger partial charge in [-0.2, -0.15) is 0 Å². The Morgan fingerprint density at radius 3 is 1.54 bits per heavy atom. The lowest BCUT2D eigenvalue weighted by atomic mass is 9.80. The van der Waals surface area contributed by atoms with Gasteiger partial charge in [0.15, 0.2) is 0 Å². The zero-order chi connectivity index (χ0) is 17.8. The molecule has 0 aliphatic heterocycles. The summed E-state index contributed by atoms with van der Waals surface area (Å²) in [4.78, 5) is 2.66. The molecule has 2 aliphatic rings. The first-order valence-corrected chi connectivity index (χ1v) is 10.3. The van der Waals surface area contributed by atoms with Crippen molar-refractivity contribution in [3.63, 3.8) is 0 Å². The average molecular weight is 350 g/mol. The van der Waals surface area contributed by atoms with Crippen LogP contribution in [0.1, 0.15) is 49.7 Å². The highest BCUT2D eigenvalue weighted by molar-refractivity contribution is 5.17. The topological polar surface area (TPSA) is 23.5 Å². The summed E-state index contributed by atoms with van der Waals surface area (Å²) < 4.78 is 0. The normalized spacial score (nSPS) is 24.5. The lowest BCUT2D eigenvalue weighted by Gasteiger charge is -2.38. The van der Waals surface area contributed by atoms with Crippen molar-refractivity contribution in [3.8, 4) is 0 Å². The van der Waals surface area contributed by atoms with E-state index in [1.807, 2.05) is 0 Å². The van der Waals surface area contributed by atoms with Crippen molar-refractivity contribution in [2.45, 2.75) is 63.8 Å². The first-order valence-electron chi connectivity index (χ1n) is 10.3. The van der Waals surface area contributed by atoms with Gasteiger partial charge in [-0.3, -0.25) is 4.90 Å². The lowest BCUT2D eigenvalue weighted by Crippen LogP contribution is -2.39. The Balaban J connectivity index is 1.42. The minimum absolute atomic E-state index is 0.0346. The van der Waals surface area contributed by atoms with Crippen LogP contribution in [0.3, 0.4) is 0 Å². The van der Waals surface area contributed by atoms with Gasteiger partial charge in [-0.05, 0) is 61.5 Å². The molecule has 1 atom stereocenters. The Bertz CT molecular complexity index is 618. The monoisotopic (exact) mass is 349 g/mol. The van der Waals surface area contributed by atoms with Crippen LogP contribution in [-0.4, -0.2) is 22.2 Å². The molecule has 0 radical (unpaired) electrons. The number of hydrogen-bond acceptors (Lipinski definition) is 2. The predicted molar refractivity (Wildman–Crippen MR) is 107 cm³/mol. The van der Waals surface area contributed by atoms with Crippen LogP contribution in [0, 0.1) is 11.8 Å². The molecule has 1 N–H and O–H groups in total. The van der Waals surface area contributed by atoms with E-state index < -0.39 is 0 Å². The SMILES string of the molecule is O[C@H](C1CC1)C1CCC(N(Cc2ccccc2)Cc2ccccc2)CC1. The molecule has 2 aliphatic carbocycles. The molecule has 0 spiro atoms. The quantitative estimate of drug-likeness (QED) is 0.759. The summed E-state index contributed by atoms with van der Waals surface area (Å²) in [5.74, 6) is 1.15. The molecule has 2 nitrogen and oxygen atoms in total. The molecule has 26 heavy (non-hydrogen) atoms. The van der Waals surface area contributed by atoms with Crippen LogP contribution >= 0.6 is 0 Å². The number of rotatable bonds is 7. The van der Waals surface area contributed by atoms with Crippen molar-refractivity contribution in [1.82, 2.24) is 4.90 Å². The van der Waals surface area contributed by atoms with Gasteiger partial charge in [0, 0.05) is 19.1 Å². The van der Waals surface area contributed by atoms with Gasteiger partial charge in [0.2, 0.25) is 0 Å². The first-order chi connectivity index (χ1) is 12.8. The zero-order valence-corrected chi connectivity index (χ0v) is 15.6. The molecule has 0 unspecified atom stereocenters. The predicted octanol–water partition coefficient (Wildman–Crippen LogP) is 5.02. The van der Waals surface area contributed by atoms with E-state index in [0.29, 0.717) is 17.9 Å². The van der Waals surface area contributed by atoms with Crippen LogP contribution in [0.5, 0.6) is 0 Å². The number of hydrogen-bond donors (Lipinski definition) is 1. The third-order valence-electron chi connectivity index (χ3n) is 6.30. The molecule has 0 saturated heterocycles. The fourth-order valence-electron chi connectivity index (χ4n) is 4.58. The molecule has 0 heterocycles. The van der Waals surface area contributed by atoms with Gasteiger partial charge in [-0.1, -0.05) is 60.7 Å². The summed E-state index contributed by atoms with van der Waals surface area (Å²) in [7, 11) is 0. The maximum absolute atomic E-state index is 10.5. The molecular weight excluding hydrogens is 318 g/mol. The second kappa shape index (κ2) is 8.37. The summed E-state index contributed by atoms with van der Waals surface area (Å²) in [5, 5.41) is 10.5. The van der Waals surface area contributed by atoms with E-state index in [9.17, 15) is 5.11 Å². The van der Waals surface area contributed by atoms with E-state index in [1.54, 1.807) is 0 Å². The highest BCUT2D eigenvalue weighted by Crippen LogP contribution is 2.41. The fourth-order valence-corrected chi connectivity index (χ4v) is 4.58. The maximum atomic E-state index is 10.5. The minimum atomic E-state index is -0.0346. The smallest absolute Gasteiger partial charge is 0.0596 e. The third kappa shape index (κ3) is 4.55. The summed E-state index contributed by atoms with van der Waals surface area (Å²) in [5.41, 5.74) is 2.78. The van der Waals surface area contributed by atoms with Crippen molar-refractivity contribution in [2.24, 2.45) is 11.8 Å². The molecule has 0 amide bonds. The van der Waals surface area contributed by atoms with Crippen molar-refractivity contribution in [1.29, 1.82) is 0 Å². The Labute approximate surface area is 157 Å². The largest absolute Gasteiger partial charge is 0.393 e. The van der Waals surface area contributed by atoms with Crippen LogP contribution in [0.4, 0.5) is 0 Å². The van der Waals surface area contributed by atoms with Gasteiger partial charge in [0.25, 0.3) is 0 Å². The number of benzene rings is 2. The molecule has 2 saturated carbocycles. The molecule has 0 bridgehead atoms. The van der Waals surface area contributed by atoms with Crippen LogP contribution in [0.15, 0.2) is 60.7 Å². The molecule has 2 aromatic rings. The number of nitrogens with zero attached hydrogens (tertiary/aromatic N) is 1. The van der Waals surface area contributed by atoms with Crippen LogP contribution in [0.25, 0.3) is 0 Å². The molecule has 0 aromatic heterocycles. The van der Waals surface area contributed by atoms with Gasteiger partial charge in [-0.25, -0.2) is 0 Å². The average Bonchev–Trinajstić information content (AvgIpc) is 3.54. The van der Waals surface area contributed by atoms with E-state index >= 15 is 0 Å². The summed E-state index contributed by atoms with van der Waals surface area (Å²) >= 11 is 0. The fraction of sp³-hybridized carbons (Fsp3) is 0.500. The van der Waals surface area contributed by atoms with E-state index in [1.165, 1.54) is 49.7 Å². The highest BCUT2D eigenvalue weighted by atomic mass is 16.3. The molecule has 2 heteroatoms. The first kappa shape index (κ1) is 17.8. The molecular formula is C24H31NO. The number of aliphatic hydroxyl groups is 1. The van der Waals surface area contributed by atoms with Crippen molar-refractivity contribution in [3.05, 3.63) is 71.8 Å². The standard InChI is InChI=1S/C24H31NO/c26-24(21-11-12-21)22-13-15-23(16-14-22)25(17-19-7-3-1-4-8-19)18-20-9-5-2-6-10-20/h1-10,21-24,26H,11-18H2/t22?,23?,24-/m1/s1. The van der Waals surface area contributed by atoms with Crippen LogP contribution in [-0.2, 0) is 13.1 Å². The second-order valence-corrected chi connectivity index (χ2v) is 8.27. The molecule has 138 valence electrons. The van der Waals surface area contributed by atoms with Gasteiger partial charge >= 0.3 is 0 Å². The Morgan fingerprint density at radius 1 is 0.692 bits per heavy atom. The van der Waals surface area contributed by atoms with Crippen LogP contribution in [0.2, 0.25) is 0 Å². The van der Waals surface area contributed by atoms with E-state index in [-0.39, 0.29) is 6.10 Å². The van der Waals surface area contributed by atoms with Crippen molar-refractivity contribution >= 4 is 0 Å². The van der Waals surface area contributed by atoms with Crippen LogP contribution < -0.4 is 0 Å². The summed E-state index contributed by atoms with van der Waals surface area (Å²) in [6, 6.07) is 22.3. The Morgan fingerprint density at radius 2 is 1.12 bits per heavy atom. The third-order valence-corrected chi connectivity index (χ3v) is 6.30. The summed E-state index contributed by atoms with van der Waals surface area (Å²) in [6.07, 6.45) is 7.25. The maximum Gasteiger partial charge on any atom is 0.0596 e. The number of aliphatic hydroxyl groups excluding tert-OH is 1. The zero-order valence-electron chi connectivity index (χ0n) is 15.6. The lowest BCUT2D eigenvalue weighted by molar-refractivity contribution is 0.0385. The van der Waals surface area contributed by atoms with Crippen molar-refractivity contribution < 1.29 is 5.11 Å². The van der Waals surface area contributed by atoms with E-state index in [4.69, 9.17) is 0 Å². The summed E-state index contributed by atoms with van der Waals surface area (Å²) in [6.45, 7) is 2.02. The molecule has 4 rings (SSSR count). The van der Waals surface area contributed by atoms with Gasteiger partial charge in [0.05, 0.1) is 6.10 Å². The van der Waals surface area contributed by atoms with Crippen molar-refractivity contribution in [2.75, 3.05) is 0 Å².